The van der Waals surface area contributed by atoms with Crippen molar-refractivity contribution in [3.05, 3.63) is 22.4 Å². The SMILES string of the molecule is CNCC[C@H](C)c1cccs1. The molecular weight excluding hydrogens is 154 g/mol. The maximum Gasteiger partial charge on any atom is 0.00739 e. The van der Waals surface area contributed by atoms with Crippen LogP contribution in [0.2, 0.25) is 0 Å². The number of thiophene rings is 1. The highest BCUT2D eigenvalue weighted by molar-refractivity contribution is 7.10. The quantitative estimate of drug-likeness (QED) is 0.730. The minimum Gasteiger partial charge on any atom is -0.320 e. The van der Waals surface area contributed by atoms with Crippen LogP contribution < -0.4 is 5.32 Å². The van der Waals surface area contributed by atoms with Crippen molar-refractivity contribution in [2.75, 3.05) is 13.6 Å². The van der Waals surface area contributed by atoms with Gasteiger partial charge >= 0.3 is 0 Å². The normalized spacial score (nSPS) is 13.3. The van der Waals surface area contributed by atoms with Gasteiger partial charge in [0.05, 0.1) is 0 Å². The highest BCUT2D eigenvalue weighted by Gasteiger charge is 2.04. The Labute approximate surface area is 72.4 Å². The van der Waals surface area contributed by atoms with Gasteiger partial charge in [0.2, 0.25) is 0 Å². The summed E-state index contributed by atoms with van der Waals surface area (Å²) in [5.41, 5.74) is 0. The Bertz CT molecular complexity index is 181. The van der Waals surface area contributed by atoms with E-state index in [2.05, 4.69) is 29.8 Å². The molecule has 1 aromatic rings. The van der Waals surface area contributed by atoms with E-state index in [4.69, 9.17) is 0 Å². The van der Waals surface area contributed by atoms with Gasteiger partial charge in [0.25, 0.3) is 0 Å². The van der Waals surface area contributed by atoms with E-state index in [1.165, 1.54) is 11.3 Å². The van der Waals surface area contributed by atoms with E-state index in [9.17, 15) is 0 Å². The first-order chi connectivity index (χ1) is 5.34. The van der Waals surface area contributed by atoms with Gasteiger partial charge in [-0.3, -0.25) is 0 Å². The second-order valence-electron chi connectivity index (χ2n) is 2.81. The first-order valence-electron chi connectivity index (χ1n) is 4.02. The summed E-state index contributed by atoms with van der Waals surface area (Å²) >= 11 is 1.85. The molecule has 0 bridgehead atoms. The van der Waals surface area contributed by atoms with E-state index in [0.29, 0.717) is 5.92 Å². The molecule has 1 rings (SSSR count). The Balaban J connectivity index is 2.36. The minimum absolute atomic E-state index is 0.711. The Morgan fingerprint density at radius 3 is 3.00 bits per heavy atom. The third-order valence-corrected chi connectivity index (χ3v) is 2.96. The highest BCUT2D eigenvalue weighted by atomic mass is 32.1. The third-order valence-electron chi connectivity index (χ3n) is 1.86. The van der Waals surface area contributed by atoms with Crippen molar-refractivity contribution in [3.8, 4) is 0 Å². The molecule has 0 aliphatic carbocycles. The molecule has 0 unspecified atom stereocenters. The lowest BCUT2D eigenvalue weighted by Crippen LogP contribution is -2.10. The number of nitrogens with one attached hydrogen (secondary N) is 1. The van der Waals surface area contributed by atoms with E-state index < -0.39 is 0 Å². The molecule has 0 radical (unpaired) electrons. The minimum atomic E-state index is 0.711. The Morgan fingerprint density at radius 1 is 1.64 bits per heavy atom. The Hall–Kier alpha value is -0.340. The lowest BCUT2D eigenvalue weighted by molar-refractivity contribution is 0.644. The second-order valence-corrected chi connectivity index (χ2v) is 3.79. The van der Waals surface area contributed by atoms with Crippen LogP contribution in [0.1, 0.15) is 24.1 Å². The topological polar surface area (TPSA) is 12.0 Å². The monoisotopic (exact) mass is 169 g/mol. The van der Waals surface area contributed by atoms with Gasteiger partial charge in [-0.15, -0.1) is 11.3 Å². The molecule has 0 aliphatic heterocycles. The summed E-state index contributed by atoms with van der Waals surface area (Å²) in [5, 5.41) is 5.31. The van der Waals surface area contributed by atoms with Crippen molar-refractivity contribution in [2.45, 2.75) is 19.3 Å². The molecule has 1 atom stereocenters. The van der Waals surface area contributed by atoms with Crippen LogP contribution >= 0.6 is 11.3 Å². The smallest absolute Gasteiger partial charge is 0.00739 e. The van der Waals surface area contributed by atoms with Crippen LogP contribution in [0.25, 0.3) is 0 Å². The molecule has 0 aliphatic rings. The molecule has 0 fully saturated rings. The first-order valence-corrected chi connectivity index (χ1v) is 4.90. The van der Waals surface area contributed by atoms with E-state index in [1.54, 1.807) is 0 Å². The molecule has 11 heavy (non-hydrogen) atoms. The van der Waals surface area contributed by atoms with Gasteiger partial charge in [-0.25, -0.2) is 0 Å². The third kappa shape index (κ3) is 2.64. The summed E-state index contributed by atoms with van der Waals surface area (Å²) < 4.78 is 0. The number of hydrogen-bond acceptors (Lipinski definition) is 2. The molecule has 0 aromatic carbocycles. The predicted molar refractivity (Wildman–Crippen MR) is 51.3 cm³/mol. The summed E-state index contributed by atoms with van der Waals surface area (Å²) in [6.07, 6.45) is 1.23. The van der Waals surface area contributed by atoms with Crippen LogP contribution in [0.3, 0.4) is 0 Å². The second kappa shape index (κ2) is 4.52. The molecule has 62 valence electrons. The van der Waals surface area contributed by atoms with Gasteiger partial charge < -0.3 is 5.32 Å². The van der Waals surface area contributed by atoms with Crippen LogP contribution in [-0.2, 0) is 0 Å². The van der Waals surface area contributed by atoms with Gasteiger partial charge in [-0.1, -0.05) is 13.0 Å². The predicted octanol–water partition coefficient (Wildman–Crippen LogP) is 2.46. The fraction of sp³-hybridized carbons (Fsp3) is 0.556. The number of hydrogen-bond donors (Lipinski definition) is 1. The average Bonchev–Trinajstić information content (AvgIpc) is 2.52. The van der Waals surface area contributed by atoms with Crippen LogP contribution in [-0.4, -0.2) is 13.6 Å². The van der Waals surface area contributed by atoms with Crippen LogP contribution in [0, 0.1) is 0 Å². The molecule has 1 nitrogen and oxygen atoms in total. The lowest BCUT2D eigenvalue weighted by Gasteiger charge is -2.07. The van der Waals surface area contributed by atoms with Gasteiger partial charge in [0, 0.05) is 4.88 Å². The zero-order valence-electron chi connectivity index (χ0n) is 7.13. The largest absolute Gasteiger partial charge is 0.320 e. The van der Waals surface area contributed by atoms with Gasteiger partial charge in [-0.2, -0.15) is 0 Å². The Kier molecular flexibility index (Phi) is 3.60. The summed E-state index contributed by atoms with van der Waals surface area (Å²) in [4.78, 5) is 1.50. The molecule has 2 heteroatoms. The van der Waals surface area contributed by atoms with Gasteiger partial charge in [0.15, 0.2) is 0 Å². The molecular formula is C9H15NS. The molecule has 1 heterocycles. The summed E-state index contributed by atoms with van der Waals surface area (Å²) in [5.74, 6) is 0.711. The summed E-state index contributed by atoms with van der Waals surface area (Å²) in [7, 11) is 2.00. The van der Waals surface area contributed by atoms with E-state index in [-0.39, 0.29) is 0 Å². The van der Waals surface area contributed by atoms with E-state index >= 15 is 0 Å². The zero-order valence-corrected chi connectivity index (χ0v) is 7.95. The fourth-order valence-electron chi connectivity index (χ4n) is 1.07. The fourth-order valence-corrected chi connectivity index (χ4v) is 1.90. The number of rotatable bonds is 4. The van der Waals surface area contributed by atoms with Crippen molar-refractivity contribution in [1.82, 2.24) is 5.32 Å². The first kappa shape index (κ1) is 8.75. The van der Waals surface area contributed by atoms with Crippen molar-refractivity contribution in [3.63, 3.8) is 0 Å². The maximum atomic E-state index is 3.17. The van der Waals surface area contributed by atoms with Crippen LogP contribution in [0.5, 0.6) is 0 Å². The molecule has 0 amide bonds. The standard InChI is InChI=1S/C9H15NS/c1-8(5-6-10-2)9-4-3-7-11-9/h3-4,7-8,10H,5-6H2,1-2H3/t8-/m0/s1. The zero-order chi connectivity index (χ0) is 8.10. The Morgan fingerprint density at radius 2 is 2.45 bits per heavy atom. The highest BCUT2D eigenvalue weighted by Crippen LogP contribution is 2.22. The van der Waals surface area contributed by atoms with Gasteiger partial charge in [-0.05, 0) is 37.4 Å². The van der Waals surface area contributed by atoms with E-state index in [1.807, 2.05) is 18.4 Å². The summed E-state index contributed by atoms with van der Waals surface area (Å²) in [6.45, 7) is 3.39. The lowest BCUT2D eigenvalue weighted by atomic mass is 10.1. The van der Waals surface area contributed by atoms with Gasteiger partial charge in [0.1, 0.15) is 0 Å². The molecule has 1 aromatic heterocycles. The van der Waals surface area contributed by atoms with Crippen LogP contribution in [0.15, 0.2) is 17.5 Å². The molecule has 0 saturated carbocycles. The van der Waals surface area contributed by atoms with Crippen molar-refractivity contribution in [2.24, 2.45) is 0 Å². The molecule has 0 spiro atoms. The van der Waals surface area contributed by atoms with Crippen molar-refractivity contribution < 1.29 is 0 Å². The maximum absolute atomic E-state index is 3.17. The molecule has 1 N–H and O–H groups in total. The molecule has 0 saturated heterocycles. The van der Waals surface area contributed by atoms with E-state index in [0.717, 1.165) is 6.54 Å². The van der Waals surface area contributed by atoms with Crippen LogP contribution in [0.4, 0.5) is 0 Å². The van der Waals surface area contributed by atoms with Crippen molar-refractivity contribution in [1.29, 1.82) is 0 Å². The average molecular weight is 169 g/mol. The van der Waals surface area contributed by atoms with Crippen molar-refractivity contribution >= 4 is 11.3 Å². The summed E-state index contributed by atoms with van der Waals surface area (Å²) in [6, 6.07) is 4.33.